The standard InChI is InChI=1S/C13H23N3O3S2/c1-14-13(16(2)10-12-4-8-20-11-12)15-5-6-19-7-9-21(3,17)18/h4,8,11H,5-7,9-10H2,1-3H3,(H,14,15). The lowest BCUT2D eigenvalue weighted by atomic mass is 10.3. The van der Waals surface area contributed by atoms with Crippen LogP contribution in [-0.4, -0.2) is 65.1 Å². The molecule has 8 heteroatoms. The second-order valence-electron chi connectivity index (χ2n) is 4.70. The average molecular weight is 333 g/mol. The highest BCUT2D eigenvalue weighted by atomic mass is 32.2. The normalized spacial score (nSPS) is 12.4. The molecule has 1 aromatic rings. The quantitative estimate of drug-likeness (QED) is 0.433. The van der Waals surface area contributed by atoms with Crippen molar-refractivity contribution in [1.29, 1.82) is 0 Å². The SMILES string of the molecule is CN=C(NCCOCCS(C)(=O)=O)N(C)Cc1ccsc1. The molecule has 1 N–H and O–H groups in total. The van der Waals surface area contributed by atoms with Crippen molar-refractivity contribution in [3.05, 3.63) is 22.4 Å². The molecular formula is C13H23N3O3S2. The van der Waals surface area contributed by atoms with Crippen molar-refractivity contribution in [2.24, 2.45) is 4.99 Å². The van der Waals surface area contributed by atoms with Gasteiger partial charge in [-0.05, 0) is 22.4 Å². The van der Waals surface area contributed by atoms with Crippen molar-refractivity contribution in [3.8, 4) is 0 Å². The Morgan fingerprint density at radius 2 is 2.24 bits per heavy atom. The van der Waals surface area contributed by atoms with E-state index in [0.29, 0.717) is 13.2 Å². The van der Waals surface area contributed by atoms with E-state index in [1.807, 2.05) is 11.9 Å². The molecule has 0 aliphatic carbocycles. The van der Waals surface area contributed by atoms with Gasteiger partial charge in [0.1, 0.15) is 9.84 Å². The summed E-state index contributed by atoms with van der Waals surface area (Å²) in [5, 5.41) is 7.34. The highest BCUT2D eigenvalue weighted by molar-refractivity contribution is 7.90. The summed E-state index contributed by atoms with van der Waals surface area (Å²) in [5.74, 6) is 0.840. The van der Waals surface area contributed by atoms with Crippen LogP contribution in [0.15, 0.2) is 21.8 Å². The van der Waals surface area contributed by atoms with Crippen molar-refractivity contribution >= 4 is 27.1 Å². The fourth-order valence-corrected chi connectivity index (χ4v) is 2.74. The smallest absolute Gasteiger partial charge is 0.193 e. The Morgan fingerprint density at radius 1 is 1.48 bits per heavy atom. The van der Waals surface area contributed by atoms with Crippen molar-refractivity contribution in [2.45, 2.75) is 6.54 Å². The Hall–Kier alpha value is -1.12. The van der Waals surface area contributed by atoms with Gasteiger partial charge in [0, 0.05) is 33.4 Å². The number of rotatable bonds is 8. The summed E-state index contributed by atoms with van der Waals surface area (Å²) >= 11 is 1.67. The number of thiophene rings is 1. The van der Waals surface area contributed by atoms with Gasteiger partial charge in [0.05, 0.1) is 19.0 Å². The van der Waals surface area contributed by atoms with E-state index >= 15 is 0 Å². The first-order chi connectivity index (χ1) is 9.92. The van der Waals surface area contributed by atoms with E-state index in [2.05, 4.69) is 27.1 Å². The van der Waals surface area contributed by atoms with Crippen LogP contribution in [0.1, 0.15) is 5.56 Å². The molecule has 0 unspecified atom stereocenters. The van der Waals surface area contributed by atoms with Crippen LogP contribution >= 0.6 is 11.3 Å². The molecule has 0 spiro atoms. The molecule has 120 valence electrons. The zero-order valence-electron chi connectivity index (χ0n) is 12.7. The Labute approximate surface area is 130 Å². The molecule has 0 aromatic carbocycles. The van der Waals surface area contributed by atoms with Gasteiger partial charge in [0.2, 0.25) is 0 Å². The number of hydrogen-bond donors (Lipinski definition) is 1. The molecule has 0 saturated carbocycles. The minimum Gasteiger partial charge on any atom is -0.379 e. The molecule has 0 amide bonds. The van der Waals surface area contributed by atoms with E-state index in [9.17, 15) is 8.42 Å². The molecule has 0 radical (unpaired) electrons. The fourth-order valence-electron chi connectivity index (χ4n) is 1.66. The lowest BCUT2D eigenvalue weighted by molar-refractivity contribution is 0.153. The molecule has 1 heterocycles. The largest absolute Gasteiger partial charge is 0.379 e. The fraction of sp³-hybridized carbons (Fsp3) is 0.615. The minimum absolute atomic E-state index is 0.0553. The highest BCUT2D eigenvalue weighted by Gasteiger charge is 2.06. The third-order valence-corrected chi connectivity index (χ3v) is 4.34. The molecule has 0 atom stereocenters. The van der Waals surface area contributed by atoms with Crippen molar-refractivity contribution in [2.75, 3.05) is 45.9 Å². The van der Waals surface area contributed by atoms with Crippen LogP contribution in [0.25, 0.3) is 0 Å². The van der Waals surface area contributed by atoms with Gasteiger partial charge in [0.25, 0.3) is 0 Å². The summed E-state index contributed by atoms with van der Waals surface area (Å²) in [6.07, 6.45) is 1.20. The Morgan fingerprint density at radius 3 is 2.81 bits per heavy atom. The monoisotopic (exact) mass is 333 g/mol. The number of guanidine groups is 1. The first-order valence-corrected chi connectivity index (χ1v) is 9.61. The van der Waals surface area contributed by atoms with E-state index in [4.69, 9.17) is 4.74 Å². The van der Waals surface area contributed by atoms with Crippen molar-refractivity contribution < 1.29 is 13.2 Å². The summed E-state index contributed by atoms with van der Waals surface area (Å²) < 4.78 is 27.2. The van der Waals surface area contributed by atoms with Gasteiger partial charge in [-0.25, -0.2) is 8.42 Å². The van der Waals surface area contributed by atoms with E-state index in [1.165, 1.54) is 11.8 Å². The molecule has 0 fully saturated rings. The predicted octanol–water partition coefficient (Wildman–Crippen LogP) is 0.817. The Bertz CT molecular complexity index is 527. The van der Waals surface area contributed by atoms with E-state index in [-0.39, 0.29) is 12.4 Å². The van der Waals surface area contributed by atoms with Crippen LogP contribution < -0.4 is 5.32 Å². The molecule has 0 aliphatic rings. The lowest BCUT2D eigenvalue weighted by Crippen LogP contribution is -2.40. The molecule has 21 heavy (non-hydrogen) atoms. The second kappa shape index (κ2) is 9.01. The second-order valence-corrected chi connectivity index (χ2v) is 7.74. The van der Waals surface area contributed by atoms with Crippen LogP contribution in [0, 0.1) is 0 Å². The maximum absolute atomic E-state index is 10.9. The number of ether oxygens (including phenoxy) is 1. The van der Waals surface area contributed by atoms with Crippen molar-refractivity contribution in [1.82, 2.24) is 10.2 Å². The van der Waals surface area contributed by atoms with Gasteiger partial charge >= 0.3 is 0 Å². The van der Waals surface area contributed by atoms with Gasteiger partial charge in [-0.3, -0.25) is 4.99 Å². The number of hydrogen-bond acceptors (Lipinski definition) is 5. The maximum atomic E-state index is 10.9. The first kappa shape index (κ1) is 17.9. The lowest BCUT2D eigenvalue weighted by Gasteiger charge is -2.21. The molecule has 1 rings (SSSR count). The predicted molar refractivity (Wildman–Crippen MR) is 87.7 cm³/mol. The summed E-state index contributed by atoms with van der Waals surface area (Å²) in [4.78, 5) is 6.24. The van der Waals surface area contributed by atoms with Gasteiger partial charge in [-0.2, -0.15) is 11.3 Å². The number of nitrogens with zero attached hydrogens (tertiary/aromatic N) is 2. The molecular weight excluding hydrogens is 310 g/mol. The minimum atomic E-state index is -2.95. The van der Waals surface area contributed by atoms with Gasteiger partial charge < -0.3 is 15.0 Å². The van der Waals surface area contributed by atoms with Gasteiger partial charge in [-0.15, -0.1) is 0 Å². The van der Waals surface area contributed by atoms with Crippen LogP contribution in [-0.2, 0) is 21.1 Å². The van der Waals surface area contributed by atoms with Crippen molar-refractivity contribution in [3.63, 3.8) is 0 Å². The molecule has 1 aromatic heterocycles. The zero-order valence-corrected chi connectivity index (χ0v) is 14.3. The van der Waals surface area contributed by atoms with Crippen LogP contribution in [0.3, 0.4) is 0 Å². The van der Waals surface area contributed by atoms with Crippen LogP contribution in [0.5, 0.6) is 0 Å². The highest BCUT2D eigenvalue weighted by Crippen LogP contribution is 2.08. The summed E-state index contributed by atoms with van der Waals surface area (Å²) in [6.45, 7) is 2.05. The number of aliphatic imine (C=N–C) groups is 1. The average Bonchev–Trinajstić information content (AvgIpc) is 2.89. The third kappa shape index (κ3) is 8.03. The maximum Gasteiger partial charge on any atom is 0.193 e. The Kier molecular flexibility index (Phi) is 7.69. The molecule has 0 bridgehead atoms. The van der Waals surface area contributed by atoms with E-state index < -0.39 is 9.84 Å². The number of sulfone groups is 1. The topological polar surface area (TPSA) is 71.0 Å². The van der Waals surface area contributed by atoms with Crippen LogP contribution in [0.4, 0.5) is 0 Å². The summed E-state index contributed by atoms with van der Waals surface area (Å²) in [7, 11) is 0.752. The zero-order chi connectivity index (χ0) is 15.7. The summed E-state index contributed by atoms with van der Waals surface area (Å²) in [5.41, 5.74) is 1.25. The Balaban J connectivity index is 2.22. The van der Waals surface area contributed by atoms with E-state index in [0.717, 1.165) is 12.5 Å². The van der Waals surface area contributed by atoms with Gasteiger partial charge in [0.15, 0.2) is 5.96 Å². The third-order valence-electron chi connectivity index (χ3n) is 2.70. The van der Waals surface area contributed by atoms with Gasteiger partial charge in [-0.1, -0.05) is 0 Å². The summed E-state index contributed by atoms with van der Waals surface area (Å²) in [6, 6.07) is 2.09. The molecule has 0 aliphatic heterocycles. The van der Waals surface area contributed by atoms with E-state index in [1.54, 1.807) is 18.4 Å². The van der Waals surface area contributed by atoms with Crippen LogP contribution in [0.2, 0.25) is 0 Å². The first-order valence-electron chi connectivity index (χ1n) is 6.60. The molecule has 6 nitrogen and oxygen atoms in total. The molecule has 0 saturated heterocycles. The number of nitrogens with one attached hydrogen (secondary N) is 1.